The Bertz CT molecular complexity index is 419. The minimum atomic E-state index is -2.68. The van der Waals surface area contributed by atoms with Crippen molar-refractivity contribution in [3.8, 4) is 0 Å². The van der Waals surface area contributed by atoms with Crippen LogP contribution in [0.4, 0.5) is 5.69 Å². The molecule has 6 heteroatoms. The van der Waals surface area contributed by atoms with E-state index in [0.29, 0.717) is 0 Å². The number of nitro groups is 1. The van der Waals surface area contributed by atoms with Gasteiger partial charge in [-0.1, -0.05) is 18.2 Å². The standard InChI is InChI=1S/C8H9NO4S/c1-6(14(12)13)7-4-2-3-5-8(7)9(10)11/h2-6,14H,1H3. The molecule has 5 nitrogen and oxygen atoms in total. The van der Waals surface area contributed by atoms with E-state index in [4.69, 9.17) is 0 Å². The molecular weight excluding hydrogens is 206 g/mol. The summed E-state index contributed by atoms with van der Waals surface area (Å²) in [6.45, 7) is 1.42. The summed E-state index contributed by atoms with van der Waals surface area (Å²) in [6.07, 6.45) is 0. The van der Waals surface area contributed by atoms with E-state index in [1.807, 2.05) is 0 Å². The summed E-state index contributed by atoms with van der Waals surface area (Å²) in [5, 5.41) is 9.73. The number of benzene rings is 1. The van der Waals surface area contributed by atoms with Crippen molar-refractivity contribution in [2.24, 2.45) is 0 Å². The summed E-state index contributed by atoms with van der Waals surface area (Å²) < 4.78 is 21.4. The molecule has 0 spiro atoms. The van der Waals surface area contributed by atoms with Gasteiger partial charge < -0.3 is 0 Å². The van der Waals surface area contributed by atoms with Gasteiger partial charge in [0.15, 0.2) is 0 Å². The lowest BCUT2D eigenvalue weighted by Gasteiger charge is -2.04. The zero-order valence-corrected chi connectivity index (χ0v) is 8.31. The highest BCUT2D eigenvalue weighted by Crippen LogP contribution is 2.26. The van der Waals surface area contributed by atoms with Crippen molar-refractivity contribution in [3.63, 3.8) is 0 Å². The van der Waals surface area contributed by atoms with Gasteiger partial charge in [0.1, 0.15) is 10.7 Å². The normalized spacial score (nSPS) is 12.7. The van der Waals surface area contributed by atoms with E-state index in [0.717, 1.165) is 0 Å². The highest BCUT2D eigenvalue weighted by molar-refractivity contribution is 7.72. The Morgan fingerprint density at radius 1 is 1.36 bits per heavy atom. The summed E-state index contributed by atoms with van der Waals surface area (Å²) in [7, 11) is -2.68. The Morgan fingerprint density at radius 3 is 2.43 bits per heavy atom. The molecule has 1 atom stereocenters. The molecule has 1 rings (SSSR count). The van der Waals surface area contributed by atoms with Gasteiger partial charge in [-0.25, -0.2) is 8.42 Å². The van der Waals surface area contributed by atoms with Gasteiger partial charge in [0.2, 0.25) is 0 Å². The van der Waals surface area contributed by atoms with Crippen LogP contribution in [-0.2, 0) is 10.7 Å². The first-order chi connectivity index (χ1) is 6.54. The van der Waals surface area contributed by atoms with Crippen LogP contribution >= 0.6 is 0 Å². The third kappa shape index (κ3) is 2.08. The minimum Gasteiger partial charge on any atom is -0.258 e. The Kier molecular flexibility index (Phi) is 3.19. The number of thiol groups is 1. The molecule has 1 aromatic rings. The fourth-order valence-corrected chi connectivity index (χ4v) is 1.57. The molecular formula is C8H9NO4S. The number of rotatable bonds is 3. The first-order valence-corrected chi connectivity index (χ1v) is 5.15. The predicted molar refractivity (Wildman–Crippen MR) is 51.8 cm³/mol. The number of nitro benzene ring substituents is 1. The zero-order valence-electron chi connectivity index (χ0n) is 7.41. The predicted octanol–water partition coefficient (Wildman–Crippen LogP) is 1.27. The van der Waals surface area contributed by atoms with E-state index in [1.54, 1.807) is 6.07 Å². The van der Waals surface area contributed by atoms with Crippen molar-refractivity contribution in [1.29, 1.82) is 0 Å². The van der Waals surface area contributed by atoms with Crippen LogP contribution < -0.4 is 0 Å². The van der Waals surface area contributed by atoms with Gasteiger partial charge in [-0.15, -0.1) is 0 Å². The Labute approximate surface area is 82.5 Å². The van der Waals surface area contributed by atoms with Crippen molar-refractivity contribution in [3.05, 3.63) is 39.9 Å². The van der Waals surface area contributed by atoms with Gasteiger partial charge in [0.25, 0.3) is 5.69 Å². The average molecular weight is 215 g/mol. The second kappa shape index (κ2) is 4.19. The molecule has 0 aliphatic heterocycles. The number of para-hydroxylation sites is 1. The van der Waals surface area contributed by atoms with Gasteiger partial charge in [-0.05, 0) is 6.92 Å². The molecule has 1 unspecified atom stereocenters. The fourth-order valence-electron chi connectivity index (χ4n) is 1.12. The molecule has 0 amide bonds. The summed E-state index contributed by atoms with van der Waals surface area (Å²) in [4.78, 5) is 9.98. The van der Waals surface area contributed by atoms with Crippen LogP contribution in [0.1, 0.15) is 17.7 Å². The lowest BCUT2D eigenvalue weighted by molar-refractivity contribution is -0.385. The first-order valence-electron chi connectivity index (χ1n) is 3.91. The Balaban J connectivity index is 3.26. The molecule has 0 aliphatic carbocycles. The number of hydrogen-bond donors (Lipinski definition) is 1. The fraction of sp³-hybridized carbons (Fsp3) is 0.250. The first kappa shape index (κ1) is 10.6. The quantitative estimate of drug-likeness (QED) is 0.468. The molecule has 0 heterocycles. The van der Waals surface area contributed by atoms with E-state index in [2.05, 4.69) is 0 Å². The van der Waals surface area contributed by atoms with E-state index in [-0.39, 0.29) is 11.3 Å². The topological polar surface area (TPSA) is 77.3 Å². The maximum atomic E-state index is 10.7. The van der Waals surface area contributed by atoms with E-state index < -0.39 is 20.9 Å². The van der Waals surface area contributed by atoms with Crippen molar-refractivity contribution >= 4 is 16.4 Å². The molecule has 0 bridgehead atoms. The number of nitrogens with zero attached hydrogens (tertiary/aromatic N) is 1. The highest BCUT2D eigenvalue weighted by atomic mass is 32.2. The van der Waals surface area contributed by atoms with Crippen molar-refractivity contribution in [2.75, 3.05) is 0 Å². The Hall–Kier alpha value is -1.43. The molecule has 0 aromatic heterocycles. The van der Waals surface area contributed by atoms with Crippen molar-refractivity contribution in [2.45, 2.75) is 12.2 Å². The van der Waals surface area contributed by atoms with E-state index >= 15 is 0 Å². The number of hydrogen-bond acceptors (Lipinski definition) is 4. The molecule has 0 N–H and O–H groups in total. The maximum absolute atomic E-state index is 10.7. The second-order valence-corrected chi connectivity index (χ2v) is 4.12. The van der Waals surface area contributed by atoms with Crippen LogP contribution in [0, 0.1) is 10.1 Å². The summed E-state index contributed by atoms with van der Waals surface area (Å²) in [5.41, 5.74) is 0.0767. The lowest BCUT2D eigenvalue weighted by atomic mass is 10.1. The Morgan fingerprint density at radius 2 is 1.93 bits per heavy atom. The highest BCUT2D eigenvalue weighted by Gasteiger charge is 2.19. The van der Waals surface area contributed by atoms with Gasteiger partial charge in [0, 0.05) is 11.6 Å². The maximum Gasteiger partial charge on any atom is 0.273 e. The third-order valence-electron chi connectivity index (χ3n) is 1.90. The molecule has 14 heavy (non-hydrogen) atoms. The van der Waals surface area contributed by atoms with E-state index in [9.17, 15) is 18.5 Å². The lowest BCUT2D eigenvalue weighted by Crippen LogP contribution is -2.00. The molecule has 0 saturated heterocycles. The molecule has 0 saturated carbocycles. The van der Waals surface area contributed by atoms with Crippen LogP contribution in [0.2, 0.25) is 0 Å². The second-order valence-electron chi connectivity index (χ2n) is 2.78. The van der Waals surface area contributed by atoms with Crippen LogP contribution in [0.25, 0.3) is 0 Å². The molecule has 1 aromatic carbocycles. The average Bonchev–Trinajstić information content (AvgIpc) is 2.16. The summed E-state index contributed by atoms with van der Waals surface area (Å²) in [6, 6.07) is 5.84. The largest absolute Gasteiger partial charge is 0.273 e. The third-order valence-corrected chi connectivity index (χ3v) is 2.81. The molecule has 0 radical (unpaired) electrons. The van der Waals surface area contributed by atoms with Gasteiger partial charge in [-0.3, -0.25) is 10.1 Å². The zero-order chi connectivity index (χ0) is 10.7. The van der Waals surface area contributed by atoms with Crippen LogP contribution in [-0.4, -0.2) is 13.3 Å². The summed E-state index contributed by atoms with van der Waals surface area (Å²) in [5.74, 6) is 0. The van der Waals surface area contributed by atoms with E-state index in [1.165, 1.54) is 25.1 Å². The van der Waals surface area contributed by atoms with Crippen LogP contribution in [0.15, 0.2) is 24.3 Å². The summed E-state index contributed by atoms with van der Waals surface area (Å²) >= 11 is 0. The minimum absolute atomic E-state index is 0.154. The molecule has 0 aliphatic rings. The monoisotopic (exact) mass is 215 g/mol. The van der Waals surface area contributed by atoms with Gasteiger partial charge in [0.05, 0.1) is 10.2 Å². The van der Waals surface area contributed by atoms with Gasteiger partial charge in [-0.2, -0.15) is 0 Å². The molecule has 76 valence electrons. The smallest absolute Gasteiger partial charge is 0.258 e. The SMILES string of the molecule is CC(c1ccccc1[N+](=O)[O-])[SH](=O)=O. The van der Waals surface area contributed by atoms with Crippen molar-refractivity contribution < 1.29 is 13.3 Å². The van der Waals surface area contributed by atoms with Gasteiger partial charge >= 0.3 is 0 Å². The van der Waals surface area contributed by atoms with Crippen LogP contribution in [0.5, 0.6) is 0 Å². The van der Waals surface area contributed by atoms with Crippen molar-refractivity contribution in [1.82, 2.24) is 0 Å². The van der Waals surface area contributed by atoms with Crippen LogP contribution in [0.3, 0.4) is 0 Å². The molecule has 0 fully saturated rings.